The van der Waals surface area contributed by atoms with Crippen LogP contribution in [-0.2, 0) is 10.1 Å². The van der Waals surface area contributed by atoms with Gasteiger partial charge in [0.25, 0.3) is 6.43 Å². The zero-order chi connectivity index (χ0) is 13.0. The fourth-order valence-corrected chi connectivity index (χ4v) is 2.26. The zero-order valence-corrected chi connectivity index (χ0v) is 11.2. The number of carbonyl (C=O) groups excluding carboxylic acids is 1. The SMILES string of the molecule is CCOC(=O)c1ncc(Cl)c(CBr)c1C(F)F. The summed E-state index contributed by atoms with van der Waals surface area (Å²) in [5, 5.41) is 0.200. The quantitative estimate of drug-likeness (QED) is 0.624. The molecule has 94 valence electrons. The van der Waals surface area contributed by atoms with Gasteiger partial charge in [-0.15, -0.1) is 0 Å². The van der Waals surface area contributed by atoms with Gasteiger partial charge in [0.05, 0.1) is 17.2 Å². The molecule has 0 aromatic carbocycles. The third kappa shape index (κ3) is 3.13. The Bertz CT molecular complexity index is 429. The molecule has 3 nitrogen and oxygen atoms in total. The lowest BCUT2D eigenvalue weighted by molar-refractivity contribution is 0.0507. The molecule has 0 radical (unpaired) electrons. The van der Waals surface area contributed by atoms with E-state index in [0.717, 1.165) is 6.20 Å². The molecule has 0 saturated heterocycles. The third-order valence-corrected chi connectivity index (χ3v) is 2.88. The summed E-state index contributed by atoms with van der Waals surface area (Å²) < 4.78 is 30.5. The molecule has 0 aliphatic heterocycles. The molecule has 1 rings (SSSR count). The Kier molecular flexibility index (Phi) is 5.27. The molecular formula is C10H9BrClF2NO2. The zero-order valence-electron chi connectivity index (χ0n) is 8.84. The van der Waals surface area contributed by atoms with Crippen molar-refractivity contribution in [2.24, 2.45) is 0 Å². The molecule has 0 spiro atoms. The average Bonchev–Trinajstić information content (AvgIpc) is 2.28. The van der Waals surface area contributed by atoms with Crippen LogP contribution in [0.5, 0.6) is 0 Å². The maximum absolute atomic E-state index is 12.9. The van der Waals surface area contributed by atoms with Crippen LogP contribution in [0, 0.1) is 0 Å². The Labute approximate surface area is 110 Å². The Morgan fingerprint density at radius 1 is 1.65 bits per heavy atom. The minimum atomic E-state index is -2.84. The Hall–Kier alpha value is -0.750. The topological polar surface area (TPSA) is 39.2 Å². The summed E-state index contributed by atoms with van der Waals surface area (Å²) in [6.45, 7) is 1.68. The van der Waals surface area contributed by atoms with Crippen molar-refractivity contribution in [3.63, 3.8) is 0 Å². The van der Waals surface area contributed by atoms with Crippen LogP contribution in [0.25, 0.3) is 0 Å². The number of aromatic nitrogens is 1. The van der Waals surface area contributed by atoms with E-state index >= 15 is 0 Å². The van der Waals surface area contributed by atoms with Crippen LogP contribution in [0.3, 0.4) is 0 Å². The van der Waals surface area contributed by atoms with Gasteiger partial charge in [0.2, 0.25) is 0 Å². The minimum absolute atomic E-state index is 0.0882. The molecule has 1 heterocycles. The number of ether oxygens (including phenoxy) is 1. The van der Waals surface area contributed by atoms with E-state index in [0.29, 0.717) is 0 Å². The Balaban J connectivity index is 3.35. The second kappa shape index (κ2) is 6.26. The summed E-state index contributed by atoms with van der Waals surface area (Å²) in [7, 11) is 0. The number of esters is 1. The Morgan fingerprint density at radius 3 is 2.76 bits per heavy atom. The van der Waals surface area contributed by atoms with Gasteiger partial charge in [-0.05, 0) is 12.5 Å². The predicted molar refractivity (Wildman–Crippen MR) is 62.8 cm³/mol. The van der Waals surface area contributed by atoms with Crippen LogP contribution >= 0.6 is 27.5 Å². The number of carbonyl (C=O) groups is 1. The van der Waals surface area contributed by atoms with Gasteiger partial charge >= 0.3 is 5.97 Å². The van der Waals surface area contributed by atoms with Gasteiger partial charge in [0.1, 0.15) is 0 Å². The first-order chi connectivity index (χ1) is 8.02. The second-order valence-corrected chi connectivity index (χ2v) is 3.97. The molecule has 0 aliphatic carbocycles. The molecular weight excluding hydrogens is 319 g/mol. The van der Waals surface area contributed by atoms with Gasteiger partial charge in [-0.25, -0.2) is 18.6 Å². The molecule has 7 heteroatoms. The molecule has 0 bridgehead atoms. The number of rotatable bonds is 4. The number of pyridine rings is 1. The van der Waals surface area contributed by atoms with Crippen LogP contribution in [-0.4, -0.2) is 17.6 Å². The fourth-order valence-electron chi connectivity index (χ4n) is 1.27. The lowest BCUT2D eigenvalue weighted by atomic mass is 10.1. The van der Waals surface area contributed by atoms with Gasteiger partial charge in [-0.1, -0.05) is 27.5 Å². The van der Waals surface area contributed by atoms with Crippen molar-refractivity contribution in [2.75, 3.05) is 6.61 Å². The molecule has 0 aliphatic rings. The van der Waals surface area contributed by atoms with Crippen molar-refractivity contribution in [3.05, 3.63) is 28.0 Å². The van der Waals surface area contributed by atoms with Crippen molar-refractivity contribution in [1.29, 1.82) is 0 Å². The van der Waals surface area contributed by atoms with Crippen molar-refractivity contribution in [2.45, 2.75) is 18.7 Å². The predicted octanol–water partition coefficient (Wildman–Crippen LogP) is 3.74. The summed E-state index contributed by atoms with van der Waals surface area (Å²) in [5.74, 6) is -0.873. The maximum atomic E-state index is 12.9. The third-order valence-electron chi connectivity index (χ3n) is 2.00. The van der Waals surface area contributed by atoms with Crippen molar-refractivity contribution in [3.8, 4) is 0 Å². The highest BCUT2D eigenvalue weighted by Gasteiger charge is 2.25. The lowest BCUT2D eigenvalue weighted by Gasteiger charge is -2.12. The van der Waals surface area contributed by atoms with Gasteiger partial charge < -0.3 is 4.74 Å². The summed E-state index contributed by atoms with van der Waals surface area (Å²) in [6, 6.07) is 0. The summed E-state index contributed by atoms with van der Waals surface area (Å²) in [6.07, 6.45) is -1.68. The number of halogens is 4. The molecule has 0 N–H and O–H groups in total. The maximum Gasteiger partial charge on any atom is 0.357 e. The highest BCUT2D eigenvalue weighted by atomic mass is 79.9. The monoisotopic (exact) mass is 327 g/mol. The van der Waals surface area contributed by atoms with Gasteiger partial charge in [0.15, 0.2) is 5.69 Å². The van der Waals surface area contributed by atoms with Crippen LogP contribution in [0.15, 0.2) is 6.20 Å². The fraction of sp³-hybridized carbons (Fsp3) is 0.400. The molecule has 1 aromatic heterocycles. The Morgan fingerprint density at radius 2 is 2.29 bits per heavy atom. The first-order valence-corrected chi connectivity index (χ1v) is 6.21. The van der Waals surface area contributed by atoms with Crippen LogP contribution in [0.2, 0.25) is 5.02 Å². The summed E-state index contributed by atoms with van der Waals surface area (Å²) >= 11 is 8.80. The summed E-state index contributed by atoms with van der Waals surface area (Å²) in [4.78, 5) is 15.1. The highest BCUT2D eigenvalue weighted by molar-refractivity contribution is 9.08. The first-order valence-electron chi connectivity index (χ1n) is 4.71. The standard InChI is InChI=1S/C10H9BrClF2NO2/c1-2-17-10(16)8-7(9(13)14)5(3-11)6(12)4-15-8/h4,9H,2-3H2,1H3. The van der Waals surface area contributed by atoms with Crippen LogP contribution < -0.4 is 0 Å². The smallest absolute Gasteiger partial charge is 0.357 e. The van der Waals surface area contributed by atoms with Crippen LogP contribution in [0.4, 0.5) is 8.78 Å². The van der Waals surface area contributed by atoms with E-state index in [9.17, 15) is 13.6 Å². The average molecular weight is 329 g/mol. The lowest BCUT2D eigenvalue weighted by Crippen LogP contribution is -2.13. The first kappa shape index (κ1) is 14.3. The van der Waals surface area contributed by atoms with E-state index in [1.807, 2.05) is 0 Å². The van der Waals surface area contributed by atoms with Crippen molar-refractivity contribution < 1.29 is 18.3 Å². The number of hydrogen-bond donors (Lipinski definition) is 0. The van der Waals surface area contributed by atoms with Crippen molar-refractivity contribution in [1.82, 2.24) is 4.98 Å². The van der Waals surface area contributed by atoms with Crippen LogP contribution in [0.1, 0.15) is 35.0 Å². The molecule has 0 fully saturated rings. The van der Waals surface area contributed by atoms with E-state index in [1.165, 1.54) is 0 Å². The van der Waals surface area contributed by atoms with E-state index in [-0.39, 0.29) is 28.2 Å². The number of alkyl halides is 3. The van der Waals surface area contributed by atoms with E-state index in [2.05, 4.69) is 25.7 Å². The van der Waals surface area contributed by atoms with Crippen molar-refractivity contribution >= 4 is 33.5 Å². The second-order valence-electron chi connectivity index (χ2n) is 3.00. The molecule has 0 amide bonds. The number of nitrogens with zero attached hydrogens (tertiary/aromatic N) is 1. The molecule has 0 unspecified atom stereocenters. The summed E-state index contributed by atoms with van der Waals surface area (Å²) in [5.41, 5.74) is -0.715. The molecule has 1 aromatic rings. The highest BCUT2D eigenvalue weighted by Crippen LogP contribution is 2.32. The normalized spacial score (nSPS) is 10.7. The van der Waals surface area contributed by atoms with E-state index < -0.39 is 18.0 Å². The van der Waals surface area contributed by atoms with Gasteiger partial charge in [0, 0.05) is 11.5 Å². The molecule has 17 heavy (non-hydrogen) atoms. The minimum Gasteiger partial charge on any atom is -0.461 e. The van der Waals surface area contributed by atoms with Gasteiger partial charge in [-0.3, -0.25) is 0 Å². The van der Waals surface area contributed by atoms with E-state index in [4.69, 9.17) is 11.6 Å². The largest absolute Gasteiger partial charge is 0.461 e. The van der Waals surface area contributed by atoms with Gasteiger partial charge in [-0.2, -0.15) is 0 Å². The molecule has 0 atom stereocenters. The molecule has 0 saturated carbocycles. The van der Waals surface area contributed by atoms with E-state index in [1.54, 1.807) is 6.92 Å². The number of hydrogen-bond acceptors (Lipinski definition) is 3.